The number of nitrogens with zero attached hydrogens (tertiary/aromatic N) is 3. The number of aryl methyl sites for hydroxylation is 1. The van der Waals surface area contributed by atoms with Crippen molar-refractivity contribution >= 4 is 23.4 Å². The maximum absolute atomic E-state index is 12.7. The highest BCUT2D eigenvalue weighted by Gasteiger charge is 2.17. The summed E-state index contributed by atoms with van der Waals surface area (Å²) in [5, 5.41) is 12.0. The van der Waals surface area contributed by atoms with Crippen LogP contribution in [-0.4, -0.2) is 43.5 Å². The molecule has 35 heavy (non-hydrogen) atoms. The second kappa shape index (κ2) is 10.4. The lowest BCUT2D eigenvalue weighted by Crippen LogP contribution is -2.23. The molecule has 0 aliphatic heterocycles. The van der Waals surface area contributed by atoms with E-state index >= 15 is 0 Å². The summed E-state index contributed by atoms with van der Waals surface area (Å²) >= 11 is 1.23. The molecule has 2 heterocycles. The summed E-state index contributed by atoms with van der Waals surface area (Å²) in [5.74, 6) is 1.12. The van der Waals surface area contributed by atoms with Gasteiger partial charge in [-0.15, -0.1) is 10.2 Å². The van der Waals surface area contributed by atoms with Gasteiger partial charge in [-0.05, 0) is 55.3 Å². The number of amides is 1. The van der Waals surface area contributed by atoms with Gasteiger partial charge in [-0.25, -0.2) is 4.79 Å². The minimum absolute atomic E-state index is 0.115. The number of aromatic nitrogens is 5. The molecule has 11 heteroatoms. The van der Waals surface area contributed by atoms with E-state index in [4.69, 9.17) is 4.74 Å². The van der Waals surface area contributed by atoms with Crippen LogP contribution in [0.2, 0.25) is 0 Å². The van der Waals surface area contributed by atoms with Crippen LogP contribution in [0.25, 0.3) is 5.69 Å². The number of thioether (sulfide) groups is 1. The van der Waals surface area contributed by atoms with Gasteiger partial charge in [0, 0.05) is 29.6 Å². The van der Waals surface area contributed by atoms with Crippen LogP contribution >= 0.6 is 11.8 Å². The Bertz CT molecular complexity index is 1440. The number of hydrogen-bond donors (Lipinski definition) is 3. The Labute approximate surface area is 204 Å². The van der Waals surface area contributed by atoms with Gasteiger partial charge in [-0.2, -0.15) is 0 Å². The molecule has 0 atom stereocenters. The van der Waals surface area contributed by atoms with E-state index in [1.54, 1.807) is 23.8 Å². The number of anilines is 1. The summed E-state index contributed by atoms with van der Waals surface area (Å²) in [7, 11) is 1.58. The molecule has 0 unspecified atom stereocenters. The summed E-state index contributed by atoms with van der Waals surface area (Å²) in [4.78, 5) is 40.8. The molecule has 0 radical (unpaired) electrons. The maximum Gasteiger partial charge on any atom is 0.325 e. The number of rotatable bonds is 8. The smallest absolute Gasteiger partial charge is 0.325 e. The van der Waals surface area contributed by atoms with E-state index in [0.29, 0.717) is 22.4 Å². The molecule has 2 aromatic carbocycles. The van der Waals surface area contributed by atoms with Crippen molar-refractivity contribution in [3.05, 3.63) is 92.0 Å². The second-order valence-electron chi connectivity index (χ2n) is 7.81. The third kappa shape index (κ3) is 5.69. The first kappa shape index (κ1) is 24.0. The lowest BCUT2D eigenvalue weighted by molar-refractivity contribution is -0.113. The molecule has 10 nitrogen and oxygen atoms in total. The van der Waals surface area contributed by atoms with Crippen molar-refractivity contribution in [3.63, 3.8) is 0 Å². The summed E-state index contributed by atoms with van der Waals surface area (Å²) in [6, 6.07) is 14.3. The highest BCUT2D eigenvalue weighted by atomic mass is 32.2. The van der Waals surface area contributed by atoms with Crippen LogP contribution in [0.15, 0.2) is 63.3 Å². The quantitative estimate of drug-likeness (QED) is 0.322. The van der Waals surface area contributed by atoms with Crippen LogP contribution in [0.5, 0.6) is 5.75 Å². The summed E-state index contributed by atoms with van der Waals surface area (Å²) in [6.07, 6.45) is 0.160. The fraction of sp³-hybridized carbons (Fsp3) is 0.208. The van der Waals surface area contributed by atoms with Gasteiger partial charge in [0.1, 0.15) is 11.6 Å². The number of nitrogens with one attached hydrogen (secondary N) is 3. The van der Waals surface area contributed by atoms with Gasteiger partial charge in [-0.3, -0.25) is 19.1 Å². The minimum atomic E-state index is -0.597. The van der Waals surface area contributed by atoms with Gasteiger partial charge < -0.3 is 15.0 Å². The van der Waals surface area contributed by atoms with Crippen molar-refractivity contribution < 1.29 is 9.53 Å². The molecular formula is C24H24N6O4S. The Balaban J connectivity index is 1.60. The molecule has 0 spiro atoms. The maximum atomic E-state index is 12.7. The third-order valence-electron chi connectivity index (χ3n) is 5.41. The number of benzene rings is 2. The van der Waals surface area contributed by atoms with Crippen molar-refractivity contribution in [2.45, 2.75) is 25.4 Å². The zero-order valence-electron chi connectivity index (χ0n) is 19.4. The number of aromatic amines is 2. The van der Waals surface area contributed by atoms with Crippen LogP contribution < -0.4 is 21.3 Å². The Morgan fingerprint density at radius 2 is 1.86 bits per heavy atom. The fourth-order valence-corrected chi connectivity index (χ4v) is 4.26. The standard InChI is InChI=1S/C24H24N6O4S/c1-14-5-4-6-19(15(14)2)26-22(32)13-35-24-29-28-20(11-16-12-21(31)27-23(33)25-16)30(24)17-7-9-18(34-3)10-8-17/h4-10,12H,11,13H2,1-3H3,(H,26,32)(H2,25,27,31,33). The SMILES string of the molecule is COc1ccc(-n2c(Cc3cc(=O)[nH]c(=O)[nH]3)nnc2SCC(=O)Nc2cccc(C)c2C)cc1. The first-order valence-corrected chi connectivity index (χ1v) is 11.7. The molecule has 0 saturated heterocycles. The third-order valence-corrected chi connectivity index (χ3v) is 6.34. The van der Waals surface area contributed by atoms with E-state index in [1.165, 1.54) is 17.8 Å². The molecule has 3 N–H and O–H groups in total. The number of methoxy groups -OCH3 is 1. The summed E-state index contributed by atoms with van der Waals surface area (Å²) in [6.45, 7) is 3.95. The molecule has 0 bridgehead atoms. The van der Waals surface area contributed by atoms with Crippen LogP contribution in [0.1, 0.15) is 22.6 Å². The zero-order valence-corrected chi connectivity index (χ0v) is 20.2. The van der Waals surface area contributed by atoms with Crippen molar-refractivity contribution in [2.75, 3.05) is 18.2 Å². The topological polar surface area (TPSA) is 135 Å². The number of H-pyrrole nitrogens is 2. The lowest BCUT2D eigenvalue weighted by atomic mass is 10.1. The van der Waals surface area contributed by atoms with Gasteiger partial charge in [0.15, 0.2) is 5.16 Å². The zero-order chi connectivity index (χ0) is 24.9. The predicted octanol–water partition coefficient (Wildman–Crippen LogP) is 2.59. The van der Waals surface area contributed by atoms with E-state index in [2.05, 4.69) is 25.5 Å². The number of carbonyl (C=O) groups excluding carboxylic acids is 1. The average molecular weight is 493 g/mol. The Hall–Kier alpha value is -4.12. The number of hydrogen-bond acceptors (Lipinski definition) is 7. The van der Waals surface area contributed by atoms with Crippen LogP contribution in [-0.2, 0) is 11.2 Å². The van der Waals surface area contributed by atoms with Crippen LogP contribution in [0.4, 0.5) is 5.69 Å². The molecule has 0 fully saturated rings. The molecule has 2 aromatic heterocycles. The number of carbonyl (C=O) groups is 1. The molecule has 1 amide bonds. The van der Waals surface area contributed by atoms with E-state index < -0.39 is 11.2 Å². The molecule has 0 saturated carbocycles. The van der Waals surface area contributed by atoms with Crippen molar-refractivity contribution in [2.24, 2.45) is 0 Å². The molecule has 0 aliphatic carbocycles. The fourth-order valence-electron chi connectivity index (χ4n) is 3.49. The molecule has 0 aliphatic rings. The van der Waals surface area contributed by atoms with Gasteiger partial charge in [-0.1, -0.05) is 23.9 Å². The van der Waals surface area contributed by atoms with E-state index in [1.807, 2.05) is 44.2 Å². The largest absolute Gasteiger partial charge is 0.497 e. The normalized spacial score (nSPS) is 10.8. The second-order valence-corrected chi connectivity index (χ2v) is 8.75. The highest BCUT2D eigenvalue weighted by molar-refractivity contribution is 7.99. The highest BCUT2D eigenvalue weighted by Crippen LogP contribution is 2.25. The predicted molar refractivity (Wildman–Crippen MR) is 134 cm³/mol. The van der Waals surface area contributed by atoms with Gasteiger partial charge >= 0.3 is 5.69 Å². The monoisotopic (exact) mass is 492 g/mol. The van der Waals surface area contributed by atoms with Gasteiger partial charge in [0.2, 0.25) is 5.91 Å². The van der Waals surface area contributed by atoms with Crippen molar-refractivity contribution in [1.29, 1.82) is 0 Å². The molecule has 180 valence electrons. The Morgan fingerprint density at radius 1 is 1.09 bits per heavy atom. The Morgan fingerprint density at radius 3 is 2.57 bits per heavy atom. The van der Waals surface area contributed by atoms with E-state index in [9.17, 15) is 14.4 Å². The average Bonchev–Trinajstić information content (AvgIpc) is 3.22. The first-order valence-electron chi connectivity index (χ1n) is 10.7. The number of ether oxygens (including phenoxy) is 1. The molecule has 4 rings (SSSR count). The van der Waals surface area contributed by atoms with Crippen molar-refractivity contribution in [1.82, 2.24) is 24.7 Å². The summed E-state index contributed by atoms with van der Waals surface area (Å²) < 4.78 is 7.03. The molecule has 4 aromatic rings. The molecular weight excluding hydrogens is 468 g/mol. The minimum Gasteiger partial charge on any atom is -0.497 e. The van der Waals surface area contributed by atoms with E-state index in [-0.39, 0.29) is 18.1 Å². The summed E-state index contributed by atoms with van der Waals surface area (Å²) in [5.41, 5.74) is 2.92. The van der Waals surface area contributed by atoms with Gasteiger partial charge in [0.05, 0.1) is 12.9 Å². The Kier molecular flexibility index (Phi) is 7.16. The van der Waals surface area contributed by atoms with Crippen molar-refractivity contribution in [3.8, 4) is 11.4 Å². The lowest BCUT2D eigenvalue weighted by Gasteiger charge is -2.12. The first-order chi connectivity index (χ1) is 16.8. The van der Waals surface area contributed by atoms with E-state index in [0.717, 1.165) is 22.5 Å². The van der Waals surface area contributed by atoms with Crippen LogP contribution in [0, 0.1) is 13.8 Å². The van der Waals surface area contributed by atoms with Crippen LogP contribution in [0.3, 0.4) is 0 Å². The van der Waals surface area contributed by atoms with Gasteiger partial charge in [0.25, 0.3) is 5.56 Å².